The predicted molar refractivity (Wildman–Crippen MR) is 85.4 cm³/mol. The maximum Gasteiger partial charge on any atom is 0.329 e. The Morgan fingerprint density at radius 1 is 1.17 bits per heavy atom. The number of carbonyl (C=O) groups is 2. The third-order valence-electron chi connectivity index (χ3n) is 2.89. The van der Waals surface area contributed by atoms with Crippen LogP contribution in [0, 0.1) is 5.82 Å². The highest BCUT2D eigenvalue weighted by atomic mass is 19.1. The summed E-state index contributed by atoms with van der Waals surface area (Å²) in [6.07, 6.45) is 1.28. The van der Waals surface area contributed by atoms with E-state index in [0.29, 0.717) is 5.56 Å². The van der Waals surface area contributed by atoms with Gasteiger partial charge in [0.15, 0.2) is 11.5 Å². The van der Waals surface area contributed by atoms with Gasteiger partial charge in [-0.1, -0.05) is 0 Å². The van der Waals surface area contributed by atoms with Crippen molar-refractivity contribution in [3.8, 4) is 11.5 Å². The molecule has 24 heavy (non-hydrogen) atoms. The van der Waals surface area contributed by atoms with Crippen LogP contribution in [0.25, 0.3) is 0 Å². The molecule has 0 aliphatic carbocycles. The number of carbonyl (C=O) groups excluding carboxylic acids is 2. The fraction of sp³-hybridized carbons (Fsp3) is 0.0625. The van der Waals surface area contributed by atoms with Crippen molar-refractivity contribution in [3.63, 3.8) is 0 Å². The Morgan fingerprint density at radius 3 is 2.54 bits per heavy atom. The number of methoxy groups -OCH3 is 1. The molecule has 0 spiro atoms. The van der Waals surface area contributed by atoms with E-state index >= 15 is 0 Å². The summed E-state index contributed by atoms with van der Waals surface area (Å²) in [5.74, 6) is -2.16. The lowest BCUT2D eigenvalue weighted by Gasteiger charge is -2.04. The number of phenolic OH excluding ortho intramolecular Hbond substituents is 1. The van der Waals surface area contributed by atoms with Crippen molar-refractivity contribution in [2.24, 2.45) is 5.10 Å². The number of anilines is 1. The second-order valence-corrected chi connectivity index (χ2v) is 4.59. The Bertz CT molecular complexity index is 775. The molecule has 0 radical (unpaired) electrons. The first-order chi connectivity index (χ1) is 11.5. The van der Waals surface area contributed by atoms with E-state index in [1.807, 2.05) is 0 Å². The van der Waals surface area contributed by atoms with Crippen LogP contribution in [0.1, 0.15) is 5.56 Å². The van der Waals surface area contributed by atoms with Crippen LogP contribution < -0.4 is 15.5 Å². The molecular weight excluding hydrogens is 317 g/mol. The molecule has 2 amide bonds. The van der Waals surface area contributed by atoms with Gasteiger partial charge in [0.25, 0.3) is 0 Å². The van der Waals surface area contributed by atoms with Gasteiger partial charge in [0.1, 0.15) is 5.82 Å². The van der Waals surface area contributed by atoms with Crippen molar-refractivity contribution >= 4 is 23.7 Å². The van der Waals surface area contributed by atoms with E-state index in [4.69, 9.17) is 4.74 Å². The molecule has 0 saturated carbocycles. The summed E-state index contributed by atoms with van der Waals surface area (Å²) in [4.78, 5) is 23.2. The van der Waals surface area contributed by atoms with Gasteiger partial charge in [0.05, 0.1) is 13.3 Å². The molecule has 2 rings (SSSR count). The van der Waals surface area contributed by atoms with Gasteiger partial charge in [-0.2, -0.15) is 5.10 Å². The van der Waals surface area contributed by atoms with Crippen molar-refractivity contribution in [2.45, 2.75) is 0 Å². The zero-order chi connectivity index (χ0) is 17.5. The molecule has 0 aromatic heterocycles. The standard InChI is InChI=1S/C16H14FN3O4/c1-24-14-8-10(2-7-13(14)21)9-18-20-16(23)15(22)19-12-5-3-11(17)4-6-12/h2-9,21H,1H3,(H,19,22)(H,20,23)/b18-9+. The summed E-state index contributed by atoms with van der Waals surface area (Å²) in [6.45, 7) is 0. The van der Waals surface area contributed by atoms with Crippen LogP contribution in [0.4, 0.5) is 10.1 Å². The summed E-state index contributed by atoms with van der Waals surface area (Å²) < 4.78 is 17.7. The van der Waals surface area contributed by atoms with Gasteiger partial charge >= 0.3 is 11.8 Å². The molecule has 2 aromatic rings. The number of halogens is 1. The van der Waals surface area contributed by atoms with Crippen molar-refractivity contribution in [1.82, 2.24) is 5.43 Å². The fourth-order valence-electron chi connectivity index (χ4n) is 1.71. The maximum absolute atomic E-state index is 12.8. The summed E-state index contributed by atoms with van der Waals surface area (Å²) in [5, 5.41) is 15.4. The van der Waals surface area contributed by atoms with Gasteiger partial charge in [-0.3, -0.25) is 9.59 Å². The highest BCUT2D eigenvalue weighted by molar-refractivity contribution is 6.39. The molecular formula is C16H14FN3O4. The summed E-state index contributed by atoms with van der Waals surface area (Å²) in [7, 11) is 1.40. The number of nitrogens with one attached hydrogen (secondary N) is 2. The lowest BCUT2D eigenvalue weighted by atomic mass is 10.2. The van der Waals surface area contributed by atoms with Gasteiger partial charge < -0.3 is 15.2 Å². The van der Waals surface area contributed by atoms with Gasteiger partial charge in [0, 0.05) is 5.69 Å². The molecule has 0 saturated heterocycles. The van der Waals surface area contributed by atoms with Gasteiger partial charge in [-0.15, -0.1) is 0 Å². The van der Waals surface area contributed by atoms with E-state index in [9.17, 15) is 19.1 Å². The number of rotatable bonds is 4. The zero-order valence-corrected chi connectivity index (χ0v) is 12.6. The van der Waals surface area contributed by atoms with Crippen molar-refractivity contribution in [3.05, 3.63) is 53.8 Å². The lowest BCUT2D eigenvalue weighted by Crippen LogP contribution is -2.32. The second-order valence-electron chi connectivity index (χ2n) is 4.59. The van der Waals surface area contributed by atoms with Crippen LogP contribution in [0.2, 0.25) is 0 Å². The van der Waals surface area contributed by atoms with Crippen LogP contribution in [0.5, 0.6) is 11.5 Å². The van der Waals surface area contributed by atoms with E-state index in [1.165, 1.54) is 37.6 Å². The number of benzene rings is 2. The maximum atomic E-state index is 12.8. The largest absolute Gasteiger partial charge is 0.504 e. The monoisotopic (exact) mass is 331 g/mol. The summed E-state index contributed by atoms with van der Waals surface area (Å²) in [6, 6.07) is 9.42. The molecule has 0 bridgehead atoms. The Kier molecular flexibility index (Phi) is 5.45. The minimum Gasteiger partial charge on any atom is -0.504 e. The van der Waals surface area contributed by atoms with E-state index in [-0.39, 0.29) is 17.2 Å². The number of hydrazone groups is 1. The van der Waals surface area contributed by atoms with Crippen LogP contribution >= 0.6 is 0 Å². The van der Waals surface area contributed by atoms with Crippen LogP contribution in [-0.4, -0.2) is 30.2 Å². The first-order valence-corrected chi connectivity index (χ1v) is 6.76. The topological polar surface area (TPSA) is 100 Å². The van der Waals surface area contributed by atoms with E-state index < -0.39 is 17.6 Å². The van der Waals surface area contributed by atoms with Crippen LogP contribution in [-0.2, 0) is 9.59 Å². The molecule has 0 aliphatic heterocycles. The van der Waals surface area contributed by atoms with Crippen molar-refractivity contribution < 1.29 is 23.8 Å². The Hall–Kier alpha value is -3.42. The van der Waals surface area contributed by atoms with E-state index in [1.54, 1.807) is 6.07 Å². The van der Waals surface area contributed by atoms with Gasteiger partial charge in [-0.05, 0) is 48.0 Å². The van der Waals surface area contributed by atoms with Crippen LogP contribution in [0.15, 0.2) is 47.6 Å². The van der Waals surface area contributed by atoms with Gasteiger partial charge in [0.2, 0.25) is 0 Å². The third kappa shape index (κ3) is 4.54. The zero-order valence-electron chi connectivity index (χ0n) is 12.6. The van der Waals surface area contributed by atoms with E-state index in [0.717, 1.165) is 12.1 Å². The molecule has 7 nitrogen and oxygen atoms in total. The van der Waals surface area contributed by atoms with Gasteiger partial charge in [-0.25, -0.2) is 9.82 Å². The first kappa shape index (κ1) is 16.9. The second kappa shape index (κ2) is 7.73. The molecule has 0 heterocycles. The molecule has 0 atom stereocenters. The number of aromatic hydroxyl groups is 1. The van der Waals surface area contributed by atoms with Crippen molar-refractivity contribution in [1.29, 1.82) is 0 Å². The number of amides is 2. The molecule has 2 aromatic carbocycles. The highest BCUT2D eigenvalue weighted by Gasteiger charge is 2.12. The number of ether oxygens (including phenoxy) is 1. The Labute approximate surface area is 136 Å². The number of hydrogen-bond donors (Lipinski definition) is 3. The Morgan fingerprint density at radius 2 is 1.88 bits per heavy atom. The molecule has 8 heteroatoms. The average Bonchev–Trinajstić information content (AvgIpc) is 2.58. The van der Waals surface area contributed by atoms with E-state index in [2.05, 4.69) is 15.8 Å². The molecule has 0 fully saturated rings. The minimum atomic E-state index is -0.985. The lowest BCUT2D eigenvalue weighted by molar-refractivity contribution is -0.136. The molecule has 124 valence electrons. The third-order valence-corrected chi connectivity index (χ3v) is 2.89. The smallest absolute Gasteiger partial charge is 0.329 e. The minimum absolute atomic E-state index is 0.0302. The average molecular weight is 331 g/mol. The summed E-state index contributed by atoms with van der Waals surface area (Å²) >= 11 is 0. The highest BCUT2D eigenvalue weighted by Crippen LogP contribution is 2.25. The SMILES string of the molecule is COc1cc(/C=N/NC(=O)C(=O)Nc2ccc(F)cc2)ccc1O. The fourth-order valence-corrected chi connectivity index (χ4v) is 1.71. The predicted octanol–water partition coefficient (Wildman–Crippen LogP) is 1.63. The number of nitrogens with zero attached hydrogens (tertiary/aromatic N) is 1. The quantitative estimate of drug-likeness (QED) is 0.450. The Balaban J connectivity index is 1.92. The molecule has 0 unspecified atom stereocenters. The normalized spacial score (nSPS) is 10.4. The molecule has 3 N–H and O–H groups in total. The number of phenols is 1. The number of hydrogen-bond acceptors (Lipinski definition) is 5. The summed E-state index contributed by atoms with van der Waals surface area (Å²) in [5.41, 5.74) is 2.88. The molecule has 0 aliphatic rings. The van der Waals surface area contributed by atoms with Crippen LogP contribution in [0.3, 0.4) is 0 Å². The van der Waals surface area contributed by atoms with Crippen molar-refractivity contribution in [2.75, 3.05) is 12.4 Å². The first-order valence-electron chi connectivity index (χ1n) is 6.76.